The van der Waals surface area contributed by atoms with Crippen LogP contribution in [0.4, 0.5) is 0 Å². The molecule has 0 radical (unpaired) electrons. The number of amides is 1. The monoisotopic (exact) mass is 259 g/mol. The zero-order chi connectivity index (χ0) is 13.6. The van der Waals surface area contributed by atoms with Crippen molar-refractivity contribution in [2.24, 2.45) is 0 Å². The van der Waals surface area contributed by atoms with E-state index in [4.69, 9.17) is 0 Å². The predicted molar refractivity (Wildman–Crippen MR) is 73.6 cm³/mol. The molecule has 2 heterocycles. The summed E-state index contributed by atoms with van der Waals surface area (Å²) in [5.41, 5.74) is 1.44. The molecule has 2 atom stereocenters. The summed E-state index contributed by atoms with van der Waals surface area (Å²) < 4.78 is 0. The minimum absolute atomic E-state index is 0.151. The zero-order valence-corrected chi connectivity index (χ0v) is 11.6. The third-order valence-electron chi connectivity index (χ3n) is 4.72. The highest BCUT2D eigenvalue weighted by atomic mass is 16.3. The Kier molecular flexibility index (Phi) is 2.90. The standard InChI is InChI=1S/C16H21NO2/c1-11-3-5-13(6-4-11)16(19)9-14-7-8-15(10-16)17(14)12(2)18/h3-6,14-15,19H,7-10H2,1-2H3/t14-,15-/m1/s1. The molecule has 0 saturated carbocycles. The number of rotatable bonds is 1. The van der Waals surface area contributed by atoms with Gasteiger partial charge in [0.05, 0.1) is 5.60 Å². The van der Waals surface area contributed by atoms with E-state index in [9.17, 15) is 9.90 Å². The van der Waals surface area contributed by atoms with Gasteiger partial charge in [-0.1, -0.05) is 29.8 Å². The molecule has 2 saturated heterocycles. The first kappa shape index (κ1) is 12.7. The fourth-order valence-electron chi connectivity index (χ4n) is 3.84. The Bertz CT molecular complexity index is 480. The molecule has 2 aliphatic rings. The van der Waals surface area contributed by atoms with E-state index >= 15 is 0 Å². The number of nitrogens with zero attached hydrogens (tertiary/aromatic N) is 1. The van der Waals surface area contributed by atoms with Crippen molar-refractivity contribution in [2.75, 3.05) is 0 Å². The van der Waals surface area contributed by atoms with Crippen LogP contribution in [-0.4, -0.2) is 28.0 Å². The van der Waals surface area contributed by atoms with E-state index in [1.807, 2.05) is 29.2 Å². The molecular weight excluding hydrogens is 238 g/mol. The fraction of sp³-hybridized carbons (Fsp3) is 0.562. The maximum Gasteiger partial charge on any atom is 0.219 e. The van der Waals surface area contributed by atoms with Gasteiger partial charge in [0.1, 0.15) is 0 Å². The van der Waals surface area contributed by atoms with Crippen molar-refractivity contribution in [1.29, 1.82) is 0 Å². The normalized spacial score (nSPS) is 33.5. The average molecular weight is 259 g/mol. The van der Waals surface area contributed by atoms with Crippen molar-refractivity contribution in [3.8, 4) is 0 Å². The maximum absolute atomic E-state index is 11.7. The Morgan fingerprint density at radius 1 is 1.21 bits per heavy atom. The minimum atomic E-state index is -0.758. The minimum Gasteiger partial charge on any atom is -0.385 e. The van der Waals surface area contributed by atoms with Crippen molar-refractivity contribution in [3.63, 3.8) is 0 Å². The smallest absolute Gasteiger partial charge is 0.219 e. The van der Waals surface area contributed by atoms with Gasteiger partial charge in [0.25, 0.3) is 0 Å². The molecule has 3 heteroatoms. The second-order valence-corrected chi connectivity index (χ2v) is 6.12. The van der Waals surface area contributed by atoms with Crippen LogP contribution in [0.3, 0.4) is 0 Å². The van der Waals surface area contributed by atoms with Gasteiger partial charge in [-0.25, -0.2) is 0 Å². The van der Waals surface area contributed by atoms with E-state index in [0.717, 1.165) is 18.4 Å². The van der Waals surface area contributed by atoms with Gasteiger partial charge in [-0.3, -0.25) is 4.79 Å². The van der Waals surface area contributed by atoms with Crippen molar-refractivity contribution in [3.05, 3.63) is 35.4 Å². The Morgan fingerprint density at radius 3 is 2.21 bits per heavy atom. The fourth-order valence-corrected chi connectivity index (χ4v) is 3.84. The first-order chi connectivity index (χ1) is 8.99. The van der Waals surface area contributed by atoms with Crippen LogP contribution in [0.2, 0.25) is 0 Å². The SMILES string of the molecule is CC(=O)N1[C@@H]2CC[C@@H]1CC(O)(c1ccc(C)cc1)C2. The number of carbonyl (C=O) groups excluding carboxylic acids is 1. The number of aliphatic hydroxyl groups is 1. The topological polar surface area (TPSA) is 40.5 Å². The van der Waals surface area contributed by atoms with Crippen LogP contribution in [0.5, 0.6) is 0 Å². The van der Waals surface area contributed by atoms with E-state index in [2.05, 4.69) is 6.92 Å². The number of piperidine rings is 1. The average Bonchev–Trinajstić information content (AvgIpc) is 2.64. The molecule has 1 amide bonds. The molecule has 1 N–H and O–H groups in total. The molecule has 3 nitrogen and oxygen atoms in total. The quantitative estimate of drug-likeness (QED) is 0.841. The lowest BCUT2D eigenvalue weighted by Gasteiger charge is -2.43. The first-order valence-electron chi connectivity index (χ1n) is 7.08. The second kappa shape index (κ2) is 4.34. The van der Waals surface area contributed by atoms with E-state index in [0.29, 0.717) is 12.8 Å². The number of hydrogen-bond acceptors (Lipinski definition) is 2. The predicted octanol–water partition coefficient (Wildman–Crippen LogP) is 2.36. The summed E-state index contributed by atoms with van der Waals surface area (Å²) in [5, 5.41) is 11.0. The van der Waals surface area contributed by atoms with Crippen molar-refractivity contribution in [1.82, 2.24) is 4.90 Å². The van der Waals surface area contributed by atoms with Gasteiger partial charge in [-0.2, -0.15) is 0 Å². The van der Waals surface area contributed by atoms with E-state index < -0.39 is 5.60 Å². The number of carbonyl (C=O) groups is 1. The van der Waals surface area contributed by atoms with Gasteiger partial charge in [0, 0.05) is 31.8 Å². The summed E-state index contributed by atoms with van der Waals surface area (Å²) in [5.74, 6) is 0.151. The highest BCUT2D eigenvalue weighted by Gasteiger charge is 2.49. The van der Waals surface area contributed by atoms with Gasteiger partial charge in [-0.05, 0) is 25.3 Å². The summed E-state index contributed by atoms with van der Waals surface area (Å²) in [7, 11) is 0. The van der Waals surface area contributed by atoms with Gasteiger partial charge >= 0.3 is 0 Å². The Balaban J connectivity index is 1.88. The molecule has 2 aliphatic heterocycles. The lowest BCUT2D eigenvalue weighted by Crippen LogP contribution is -2.51. The Morgan fingerprint density at radius 2 is 1.74 bits per heavy atom. The molecule has 0 unspecified atom stereocenters. The lowest BCUT2D eigenvalue weighted by atomic mass is 9.80. The highest BCUT2D eigenvalue weighted by Crippen LogP contribution is 2.45. The molecule has 1 aromatic carbocycles. The Hall–Kier alpha value is -1.35. The molecule has 0 spiro atoms. The van der Waals surface area contributed by atoms with Crippen LogP contribution in [0.1, 0.15) is 43.7 Å². The van der Waals surface area contributed by atoms with E-state index in [1.165, 1.54) is 5.56 Å². The van der Waals surface area contributed by atoms with Crippen molar-refractivity contribution >= 4 is 5.91 Å². The van der Waals surface area contributed by atoms with Gasteiger partial charge in [0.2, 0.25) is 5.91 Å². The third kappa shape index (κ3) is 2.06. The largest absolute Gasteiger partial charge is 0.385 e. The number of aryl methyl sites for hydroxylation is 1. The molecule has 0 aromatic heterocycles. The third-order valence-corrected chi connectivity index (χ3v) is 4.72. The van der Waals surface area contributed by atoms with Crippen LogP contribution >= 0.6 is 0 Å². The highest BCUT2D eigenvalue weighted by molar-refractivity contribution is 5.74. The van der Waals surface area contributed by atoms with Crippen LogP contribution in [-0.2, 0) is 10.4 Å². The lowest BCUT2D eigenvalue weighted by molar-refractivity contribution is -0.139. The first-order valence-corrected chi connectivity index (χ1v) is 7.08. The molecule has 3 rings (SSSR count). The number of hydrogen-bond donors (Lipinski definition) is 1. The van der Waals surface area contributed by atoms with Crippen molar-refractivity contribution in [2.45, 2.75) is 57.2 Å². The van der Waals surface area contributed by atoms with Crippen LogP contribution in [0, 0.1) is 6.92 Å². The molecular formula is C16H21NO2. The van der Waals surface area contributed by atoms with Crippen molar-refractivity contribution < 1.29 is 9.90 Å². The number of fused-ring (bicyclic) bond motifs is 2. The van der Waals surface area contributed by atoms with E-state index in [-0.39, 0.29) is 18.0 Å². The molecule has 2 bridgehead atoms. The molecule has 102 valence electrons. The maximum atomic E-state index is 11.7. The molecule has 1 aromatic rings. The summed E-state index contributed by atoms with van der Waals surface area (Å²) in [6, 6.07) is 8.57. The summed E-state index contributed by atoms with van der Waals surface area (Å²) >= 11 is 0. The summed E-state index contributed by atoms with van der Waals surface area (Å²) in [6.45, 7) is 3.69. The zero-order valence-electron chi connectivity index (χ0n) is 11.6. The van der Waals surface area contributed by atoms with Gasteiger partial charge < -0.3 is 10.0 Å². The van der Waals surface area contributed by atoms with Gasteiger partial charge in [0.15, 0.2) is 0 Å². The molecule has 0 aliphatic carbocycles. The summed E-state index contributed by atoms with van der Waals surface area (Å²) in [4.78, 5) is 13.7. The van der Waals surface area contributed by atoms with Gasteiger partial charge in [-0.15, -0.1) is 0 Å². The second-order valence-electron chi connectivity index (χ2n) is 6.12. The van der Waals surface area contributed by atoms with E-state index in [1.54, 1.807) is 6.92 Å². The molecule has 2 fully saturated rings. The Labute approximate surface area is 114 Å². The summed E-state index contributed by atoms with van der Waals surface area (Å²) in [6.07, 6.45) is 3.40. The van der Waals surface area contributed by atoms with Crippen LogP contribution < -0.4 is 0 Å². The van der Waals surface area contributed by atoms with Crippen LogP contribution in [0.15, 0.2) is 24.3 Å². The molecule has 19 heavy (non-hydrogen) atoms. The van der Waals surface area contributed by atoms with Crippen LogP contribution in [0.25, 0.3) is 0 Å². The number of benzene rings is 1.